The first kappa shape index (κ1) is 32.5. The summed E-state index contributed by atoms with van der Waals surface area (Å²) in [7, 11) is 0. The Kier molecular flexibility index (Phi) is 8.39. The smallest absolute Gasteiger partial charge is 0.195 e. The van der Waals surface area contributed by atoms with Crippen molar-refractivity contribution in [2.75, 3.05) is 0 Å². The number of ether oxygens (including phenoxy) is 2. The van der Waals surface area contributed by atoms with Crippen molar-refractivity contribution in [3.8, 4) is 0 Å². The van der Waals surface area contributed by atoms with Gasteiger partial charge in [-0.2, -0.15) is 0 Å². The Morgan fingerprint density at radius 1 is 0.392 bits per heavy atom. The van der Waals surface area contributed by atoms with Crippen LogP contribution in [0.4, 0.5) is 0 Å². The number of benzene rings is 6. The van der Waals surface area contributed by atoms with Gasteiger partial charge in [-0.15, -0.1) is 0 Å². The van der Waals surface area contributed by atoms with Crippen molar-refractivity contribution in [2.45, 2.75) is 57.4 Å². The van der Waals surface area contributed by atoms with Crippen LogP contribution in [0, 0.1) is 27.7 Å². The topological polar surface area (TPSA) is 43.2 Å². The molecule has 4 nitrogen and oxygen atoms in total. The molecule has 4 heteroatoms. The molecule has 2 aliphatic heterocycles. The second-order valence-corrected chi connectivity index (χ2v) is 13.8. The molecule has 0 aromatic heterocycles. The highest BCUT2D eigenvalue weighted by Crippen LogP contribution is 2.55. The monoisotopic (exact) mass is 666 g/mol. The van der Waals surface area contributed by atoms with Gasteiger partial charge < -0.3 is 9.47 Å². The SMILES string of the molecule is Cc1ccccc1C1(c2ccccc2C)OC(CC2=NC(c3ccccc3)C(c3ccccc3C)(c3ccccc3C)O2)=NC1c1ccccc1. The summed E-state index contributed by atoms with van der Waals surface area (Å²) in [6.45, 7) is 8.64. The molecule has 0 bridgehead atoms. The lowest BCUT2D eigenvalue weighted by molar-refractivity contribution is 0.0859. The van der Waals surface area contributed by atoms with Crippen LogP contribution < -0.4 is 0 Å². The number of rotatable bonds is 8. The van der Waals surface area contributed by atoms with Crippen LogP contribution in [0.5, 0.6) is 0 Å². The first-order valence-corrected chi connectivity index (χ1v) is 17.8. The van der Waals surface area contributed by atoms with Crippen molar-refractivity contribution < 1.29 is 9.47 Å². The van der Waals surface area contributed by atoms with Gasteiger partial charge in [-0.3, -0.25) is 0 Å². The maximum absolute atomic E-state index is 7.37. The third-order valence-corrected chi connectivity index (χ3v) is 10.6. The Morgan fingerprint density at radius 3 is 0.961 bits per heavy atom. The Hall–Kier alpha value is -5.74. The van der Waals surface area contributed by atoms with E-state index in [9.17, 15) is 0 Å². The lowest BCUT2D eigenvalue weighted by Crippen LogP contribution is -2.37. The number of aliphatic imine (C=N–C) groups is 2. The number of aryl methyl sites for hydroxylation is 4. The molecule has 6 aromatic rings. The molecule has 0 aliphatic carbocycles. The molecule has 2 unspecified atom stereocenters. The fraction of sp³-hybridized carbons (Fsp3) is 0.191. The first-order valence-electron chi connectivity index (χ1n) is 17.8. The lowest BCUT2D eigenvalue weighted by Gasteiger charge is -2.37. The molecule has 0 radical (unpaired) electrons. The first-order chi connectivity index (χ1) is 24.9. The molecule has 0 amide bonds. The molecule has 51 heavy (non-hydrogen) atoms. The highest BCUT2D eigenvalue weighted by molar-refractivity contribution is 5.99. The predicted molar refractivity (Wildman–Crippen MR) is 206 cm³/mol. The molecular weight excluding hydrogens is 625 g/mol. The number of hydrogen-bond donors (Lipinski definition) is 0. The molecule has 0 saturated carbocycles. The van der Waals surface area contributed by atoms with E-state index in [0.29, 0.717) is 18.2 Å². The molecule has 8 rings (SSSR count). The maximum Gasteiger partial charge on any atom is 0.195 e. The van der Waals surface area contributed by atoms with Crippen molar-refractivity contribution >= 4 is 11.8 Å². The van der Waals surface area contributed by atoms with Gasteiger partial charge in [0.2, 0.25) is 0 Å². The minimum Gasteiger partial charge on any atom is -0.462 e. The molecule has 6 aromatic carbocycles. The Morgan fingerprint density at radius 2 is 0.667 bits per heavy atom. The summed E-state index contributed by atoms with van der Waals surface area (Å²) in [6.07, 6.45) is 0.311. The van der Waals surface area contributed by atoms with E-state index in [-0.39, 0.29) is 12.1 Å². The van der Waals surface area contributed by atoms with Gasteiger partial charge in [0.15, 0.2) is 23.0 Å². The van der Waals surface area contributed by atoms with Crippen LogP contribution in [0.25, 0.3) is 0 Å². The van der Waals surface area contributed by atoms with Crippen LogP contribution >= 0.6 is 0 Å². The summed E-state index contributed by atoms with van der Waals surface area (Å²) in [6, 6.07) is 54.5. The highest BCUT2D eigenvalue weighted by Gasteiger charge is 2.55. The van der Waals surface area contributed by atoms with E-state index in [4.69, 9.17) is 19.5 Å². The zero-order chi connectivity index (χ0) is 35.0. The van der Waals surface area contributed by atoms with Gasteiger partial charge in [-0.05, 0) is 61.1 Å². The van der Waals surface area contributed by atoms with E-state index >= 15 is 0 Å². The van der Waals surface area contributed by atoms with Gasteiger partial charge in [0.05, 0.1) is 6.42 Å². The van der Waals surface area contributed by atoms with Crippen molar-refractivity contribution in [3.05, 3.63) is 213 Å². The summed E-state index contributed by atoms with van der Waals surface area (Å²) in [4.78, 5) is 10.9. The minimum atomic E-state index is -0.894. The van der Waals surface area contributed by atoms with E-state index in [0.717, 1.165) is 55.6 Å². The van der Waals surface area contributed by atoms with Gasteiger partial charge in [-0.1, -0.05) is 158 Å². The Bertz CT molecular complexity index is 2000. The van der Waals surface area contributed by atoms with Gasteiger partial charge in [0, 0.05) is 22.3 Å². The standard InChI is InChI=1S/C47H42N2O2/c1-32-19-11-15-27-38(32)46(39-28-16-12-20-33(39)2)44(36-23-7-5-8-24-36)48-42(50-46)31-43-49-45(37-25-9-6-10-26-37)47(51-43,40-29-17-13-21-34(40)3)41-30-18-14-22-35(41)4/h5-30,44-45H,31H2,1-4H3. The summed E-state index contributed by atoms with van der Waals surface area (Å²) in [5.41, 5.74) is 9.36. The van der Waals surface area contributed by atoms with Gasteiger partial charge >= 0.3 is 0 Å². The second kappa shape index (κ2) is 13.2. The zero-order valence-corrected chi connectivity index (χ0v) is 29.6. The van der Waals surface area contributed by atoms with Gasteiger partial charge in [0.25, 0.3) is 0 Å². The fourth-order valence-corrected chi connectivity index (χ4v) is 8.25. The molecular formula is C47H42N2O2. The molecule has 0 N–H and O–H groups in total. The van der Waals surface area contributed by atoms with E-state index in [1.54, 1.807) is 0 Å². The maximum atomic E-state index is 7.37. The lowest BCUT2D eigenvalue weighted by atomic mass is 9.75. The highest BCUT2D eigenvalue weighted by atomic mass is 16.5. The summed E-state index contributed by atoms with van der Waals surface area (Å²) < 4.78 is 14.7. The molecule has 0 spiro atoms. The number of nitrogens with zero attached hydrogens (tertiary/aromatic N) is 2. The van der Waals surface area contributed by atoms with Crippen LogP contribution in [-0.4, -0.2) is 11.8 Å². The molecule has 0 fully saturated rings. The van der Waals surface area contributed by atoms with Crippen LogP contribution in [0.1, 0.15) is 74.1 Å². The average Bonchev–Trinajstić information content (AvgIpc) is 3.73. The molecule has 0 saturated heterocycles. The molecule has 2 heterocycles. The average molecular weight is 667 g/mol. The van der Waals surface area contributed by atoms with Gasteiger partial charge in [-0.25, -0.2) is 9.98 Å². The van der Waals surface area contributed by atoms with E-state index in [1.165, 1.54) is 0 Å². The third-order valence-electron chi connectivity index (χ3n) is 10.6. The van der Waals surface area contributed by atoms with E-state index in [1.807, 2.05) is 0 Å². The van der Waals surface area contributed by atoms with Crippen LogP contribution in [0.3, 0.4) is 0 Å². The van der Waals surface area contributed by atoms with E-state index in [2.05, 4.69) is 185 Å². The second-order valence-electron chi connectivity index (χ2n) is 13.8. The predicted octanol–water partition coefficient (Wildman–Crippen LogP) is 10.8. The quantitative estimate of drug-likeness (QED) is 0.162. The summed E-state index contributed by atoms with van der Waals surface area (Å²) >= 11 is 0. The largest absolute Gasteiger partial charge is 0.462 e. The van der Waals surface area contributed by atoms with Crippen molar-refractivity contribution in [1.82, 2.24) is 0 Å². The van der Waals surface area contributed by atoms with Gasteiger partial charge in [0.1, 0.15) is 12.1 Å². The molecule has 252 valence electrons. The number of hydrogen-bond acceptors (Lipinski definition) is 4. The van der Waals surface area contributed by atoms with Crippen LogP contribution in [0.15, 0.2) is 168 Å². The summed E-state index contributed by atoms with van der Waals surface area (Å²) in [5.74, 6) is 1.21. The Balaban J connectivity index is 1.30. The van der Waals surface area contributed by atoms with Crippen molar-refractivity contribution in [2.24, 2.45) is 9.98 Å². The van der Waals surface area contributed by atoms with E-state index < -0.39 is 11.2 Å². The fourth-order valence-electron chi connectivity index (χ4n) is 8.25. The Labute approximate surface area is 301 Å². The molecule has 2 aliphatic rings. The van der Waals surface area contributed by atoms with Crippen LogP contribution in [0.2, 0.25) is 0 Å². The van der Waals surface area contributed by atoms with Crippen molar-refractivity contribution in [3.63, 3.8) is 0 Å². The minimum absolute atomic E-state index is 0.311. The zero-order valence-electron chi connectivity index (χ0n) is 29.6. The molecule has 2 atom stereocenters. The normalized spacial score (nSPS) is 18.7. The third kappa shape index (κ3) is 5.47. The van der Waals surface area contributed by atoms with Crippen LogP contribution in [-0.2, 0) is 20.7 Å². The summed E-state index contributed by atoms with van der Waals surface area (Å²) in [5, 5.41) is 0. The van der Waals surface area contributed by atoms with Crippen molar-refractivity contribution in [1.29, 1.82) is 0 Å².